The van der Waals surface area contributed by atoms with Crippen LogP contribution in [0.25, 0.3) is 11.1 Å². The highest BCUT2D eigenvalue weighted by molar-refractivity contribution is 5.62. The number of hydrogen-bond acceptors (Lipinski definition) is 4. The molecule has 0 aliphatic carbocycles. The first-order valence-electron chi connectivity index (χ1n) is 9.52. The number of rotatable bonds is 5. The van der Waals surface area contributed by atoms with Gasteiger partial charge in [-0.3, -0.25) is 9.88 Å². The first kappa shape index (κ1) is 18.4. The van der Waals surface area contributed by atoms with Crippen LogP contribution in [0.4, 0.5) is 10.1 Å². The van der Waals surface area contributed by atoms with Gasteiger partial charge in [-0.15, -0.1) is 0 Å². The molecule has 1 fully saturated rings. The minimum absolute atomic E-state index is 0.220. The minimum atomic E-state index is -0.220. The third-order valence-corrected chi connectivity index (χ3v) is 5.19. The van der Waals surface area contributed by atoms with Crippen LogP contribution in [0.3, 0.4) is 0 Å². The van der Waals surface area contributed by atoms with Gasteiger partial charge < -0.3 is 9.64 Å². The summed E-state index contributed by atoms with van der Waals surface area (Å²) in [4.78, 5) is 9.24. The average Bonchev–Trinajstić information content (AvgIpc) is 2.75. The van der Waals surface area contributed by atoms with Gasteiger partial charge in [-0.05, 0) is 53.6 Å². The topological polar surface area (TPSA) is 28.6 Å². The third kappa shape index (κ3) is 4.31. The fourth-order valence-electron chi connectivity index (χ4n) is 3.59. The van der Waals surface area contributed by atoms with E-state index in [1.54, 1.807) is 19.2 Å². The van der Waals surface area contributed by atoms with Gasteiger partial charge in [0, 0.05) is 56.4 Å². The largest absolute Gasteiger partial charge is 0.497 e. The summed E-state index contributed by atoms with van der Waals surface area (Å²) >= 11 is 0. The molecule has 4 nitrogen and oxygen atoms in total. The summed E-state index contributed by atoms with van der Waals surface area (Å²) in [6.45, 7) is 4.88. The lowest BCUT2D eigenvalue weighted by Crippen LogP contribution is -2.45. The molecule has 0 bridgehead atoms. The minimum Gasteiger partial charge on any atom is -0.497 e. The van der Waals surface area contributed by atoms with E-state index < -0.39 is 0 Å². The van der Waals surface area contributed by atoms with Gasteiger partial charge >= 0.3 is 0 Å². The monoisotopic (exact) mass is 377 g/mol. The second-order valence-electron chi connectivity index (χ2n) is 7.05. The number of methoxy groups -OCH3 is 1. The van der Waals surface area contributed by atoms with Crippen LogP contribution < -0.4 is 9.64 Å². The van der Waals surface area contributed by atoms with Crippen molar-refractivity contribution < 1.29 is 9.13 Å². The predicted molar refractivity (Wildman–Crippen MR) is 110 cm³/mol. The van der Waals surface area contributed by atoms with Crippen molar-refractivity contribution in [2.45, 2.75) is 6.54 Å². The van der Waals surface area contributed by atoms with Crippen LogP contribution in [0, 0.1) is 5.82 Å². The Bertz CT molecular complexity index is 904. The number of piperazine rings is 1. The Labute approximate surface area is 165 Å². The maximum Gasteiger partial charge on any atom is 0.123 e. The molecule has 1 aromatic heterocycles. The molecule has 4 rings (SSSR count). The number of nitrogens with zero attached hydrogens (tertiary/aromatic N) is 3. The summed E-state index contributed by atoms with van der Waals surface area (Å²) in [7, 11) is 1.69. The molecule has 0 saturated carbocycles. The molecule has 0 atom stereocenters. The molecular formula is C23H24FN3O. The Morgan fingerprint density at radius 3 is 2.29 bits per heavy atom. The molecule has 0 radical (unpaired) electrons. The molecule has 1 saturated heterocycles. The van der Waals surface area contributed by atoms with Crippen LogP contribution in [0.1, 0.15) is 5.56 Å². The van der Waals surface area contributed by atoms with Gasteiger partial charge in [0.05, 0.1) is 7.11 Å². The smallest absolute Gasteiger partial charge is 0.123 e. The zero-order valence-electron chi connectivity index (χ0n) is 16.0. The fourth-order valence-corrected chi connectivity index (χ4v) is 3.59. The maximum atomic E-state index is 13.2. The van der Waals surface area contributed by atoms with Crippen LogP contribution in [0.15, 0.2) is 67.0 Å². The zero-order chi connectivity index (χ0) is 19.3. The molecule has 2 heterocycles. The Morgan fingerprint density at radius 2 is 1.61 bits per heavy atom. The molecular weight excluding hydrogens is 353 g/mol. The maximum absolute atomic E-state index is 13.2. The summed E-state index contributed by atoms with van der Waals surface area (Å²) in [6, 6.07) is 17.0. The predicted octanol–water partition coefficient (Wildman–Crippen LogP) is 4.22. The Hall–Kier alpha value is -2.92. The van der Waals surface area contributed by atoms with E-state index in [4.69, 9.17) is 4.74 Å². The number of benzene rings is 2. The first-order chi connectivity index (χ1) is 13.7. The molecule has 1 aliphatic rings. The van der Waals surface area contributed by atoms with Crippen LogP contribution in [0.5, 0.6) is 5.75 Å². The van der Waals surface area contributed by atoms with Crippen molar-refractivity contribution in [1.29, 1.82) is 0 Å². The molecule has 5 heteroatoms. The summed E-state index contributed by atoms with van der Waals surface area (Å²) in [5, 5.41) is 0. The second-order valence-corrected chi connectivity index (χ2v) is 7.05. The van der Waals surface area contributed by atoms with E-state index in [0.29, 0.717) is 0 Å². The molecule has 3 aromatic rings. The summed E-state index contributed by atoms with van der Waals surface area (Å²) in [5.74, 6) is 0.665. The molecule has 28 heavy (non-hydrogen) atoms. The Kier molecular flexibility index (Phi) is 5.53. The highest BCUT2D eigenvalue weighted by atomic mass is 19.1. The number of pyridine rings is 1. The fraction of sp³-hybridized carbons (Fsp3) is 0.261. The van der Waals surface area contributed by atoms with E-state index >= 15 is 0 Å². The quantitative estimate of drug-likeness (QED) is 0.666. The Balaban J connectivity index is 1.37. The summed E-state index contributed by atoms with van der Waals surface area (Å²) < 4.78 is 18.4. The molecule has 2 aromatic carbocycles. The molecule has 0 unspecified atom stereocenters. The molecule has 0 amide bonds. The summed E-state index contributed by atoms with van der Waals surface area (Å²) in [5.41, 5.74) is 4.43. The molecule has 0 N–H and O–H groups in total. The van der Waals surface area contributed by atoms with E-state index in [9.17, 15) is 4.39 Å². The highest BCUT2D eigenvalue weighted by Gasteiger charge is 2.17. The van der Waals surface area contributed by atoms with Crippen molar-refractivity contribution in [3.05, 3.63) is 78.4 Å². The molecule has 1 aliphatic heterocycles. The van der Waals surface area contributed by atoms with Gasteiger partial charge in [-0.25, -0.2) is 4.39 Å². The number of halogens is 1. The van der Waals surface area contributed by atoms with Crippen molar-refractivity contribution in [2.24, 2.45) is 0 Å². The van der Waals surface area contributed by atoms with Crippen molar-refractivity contribution in [1.82, 2.24) is 9.88 Å². The van der Waals surface area contributed by atoms with E-state index in [0.717, 1.165) is 49.6 Å². The third-order valence-electron chi connectivity index (χ3n) is 5.19. The average molecular weight is 377 g/mol. The normalized spacial score (nSPS) is 14.9. The SMILES string of the molecule is COc1ccc(N2CCN(Cc3cncc(-c4ccc(F)cc4)c3)CC2)cc1. The number of ether oxygens (including phenoxy) is 1. The second kappa shape index (κ2) is 8.40. The standard InChI is InChI=1S/C23H24FN3O/c1-28-23-8-6-22(7-9-23)27-12-10-26(11-13-27)17-18-14-20(16-25-15-18)19-2-4-21(24)5-3-19/h2-9,14-16H,10-13,17H2,1H3. The van der Waals surface area contributed by atoms with Gasteiger partial charge in [-0.1, -0.05) is 12.1 Å². The van der Waals surface area contributed by atoms with Crippen molar-refractivity contribution >= 4 is 5.69 Å². The zero-order valence-corrected chi connectivity index (χ0v) is 16.0. The molecule has 144 valence electrons. The molecule has 0 spiro atoms. The lowest BCUT2D eigenvalue weighted by molar-refractivity contribution is 0.249. The van der Waals surface area contributed by atoms with E-state index in [1.807, 2.05) is 24.5 Å². The van der Waals surface area contributed by atoms with E-state index in [1.165, 1.54) is 23.4 Å². The lowest BCUT2D eigenvalue weighted by atomic mass is 10.1. The highest BCUT2D eigenvalue weighted by Crippen LogP contribution is 2.23. The van der Waals surface area contributed by atoms with Crippen molar-refractivity contribution in [2.75, 3.05) is 38.2 Å². The van der Waals surface area contributed by atoms with Crippen LogP contribution in [-0.4, -0.2) is 43.2 Å². The van der Waals surface area contributed by atoms with Crippen molar-refractivity contribution in [3.8, 4) is 16.9 Å². The van der Waals surface area contributed by atoms with Crippen molar-refractivity contribution in [3.63, 3.8) is 0 Å². The summed E-state index contributed by atoms with van der Waals surface area (Å²) in [6.07, 6.45) is 3.75. The van der Waals surface area contributed by atoms with Crippen LogP contribution in [0.2, 0.25) is 0 Å². The number of aromatic nitrogens is 1. The first-order valence-corrected chi connectivity index (χ1v) is 9.52. The van der Waals surface area contributed by atoms with E-state index in [2.05, 4.69) is 33.0 Å². The van der Waals surface area contributed by atoms with E-state index in [-0.39, 0.29) is 5.82 Å². The van der Waals surface area contributed by atoms with Gasteiger partial charge in [0.25, 0.3) is 0 Å². The lowest BCUT2D eigenvalue weighted by Gasteiger charge is -2.36. The van der Waals surface area contributed by atoms with Crippen LogP contribution >= 0.6 is 0 Å². The van der Waals surface area contributed by atoms with Gasteiger partial charge in [-0.2, -0.15) is 0 Å². The number of hydrogen-bond donors (Lipinski definition) is 0. The van der Waals surface area contributed by atoms with Gasteiger partial charge in [0.1, 0.15) is 11.6 Å². The van der Waals surface area contributed by atoms with Gasteiger partial charge in [0.2, 0.25) is 0 Å². The Morgan fingerprint density at radius 1 is 0.893 bits per heavy atom. The van der Waals surface area contributed by atoms with Gasteiger partial charge in [0.15, 0.2) is 0 Å². The van der Waals surface area contributed by atoms with Crippen LogP contribution in [-0.2, 0) is 6.54 Å². The number of anilines is 1.